The molecule has 0 spiro atoms. The molecule has 0 saturated carbocycles. The molecule has 1 fully saturated rings. The molecule has 0 aliphatic carbocycles. The molecule has 1 aromatic heterocycles. The van der Waals surface area contributed by atoms with Crippen molar-refractivity contribution in [3.8, 4) is 0 Å². The fraction of sp³-hybridized carbons (Fsp3) is 0.438. The maximum Gasteiger partial charge on any atom is 0.359 e. The van der Waals surface area contributed by atoms with Crippen molar-refractivity contribution in [2.24, 2.45) is 0 Å². The molecule has 1 atom stereocenters. The fourth-order valence-corrected chi connectivity index (χ4v) is 3.12. The standard InChI is InChI=1S/C16H20N2O2/c1-10(2)18-8-7-11(9-18)14-12-5-3-4-6-13(12)20-16(19)15(14)17/h3-6,10-11H,7-9,17H2,1-2H3. The van der Waals surface area contributed by atoms with E-state index in [1.807, 2.05) is 24.3 Å². The van der Waals surface area contributed by atoms with E-state index in [0.717, 1.165) is 30.5 Å². The van der Waals surface area contributed by atoms with Gasteiger partial charge in [-0.1, -0.05) is 18.2 Å². The third-order valence-electron chi connectivity index (χ3n) is 4.25. The molecule has 0 radical (unpaired) electrons. The van der Waals surface area contributed by atoms with Gasteiger partial charge in [0.1, 0.15) is 11.3 Å². The molecule has 106 valence electrons. The predicted molar refractivity (Wildman–Crippen MR) is 81.0 cm³/mol. The number of nitrogens with two attached hydrogens (primary N) is 1. The lowest BCUT2D eigenvalue weighted by Gasteiger charge is -2.21. The van der Waals surface area contributed by atoms with Crippen molar-refractivity contribution in [2.45, 2.75) is 32.2 Å². The van der Waals surface area contributed by atoms with Crippen molar-refractivity contribution in [1.29, 1.82) is 0 Å². The van der Waals surface area contributed by atoms with E-state index in [0.29, 0.717) is 17.5 Å². The van der Waals surface area contributed by atoms with Crippen LogP contribution >= 0.6 is 0 Å². The van der Waals surface area contributed by atoms with Crippen LogP contribution in [0.5, 0.6) is 0 Å². The maximum absolute atomic E-state index is 11.9. The van der Waals surface area contributed by atoms with Gasteiger partial charge in [0, 0.05) is 23.9 Å². The largest absolute Gasteiger partial charge is 0.421 e. The van der Waals surface area contributed by atoms with Gasteiger partial charge in [0.25, 0.3) is 0 Å². The Morgan fingerprint density at radius 3 is 2.80 bits per heavy atom. The summed E-state index contributed by atoms with van der Waals surface area (Å²) in [5.41, 5.74) is 7.49. The Bertz CT molecular complexity index is 690. The number of fused-ring (bicyclic) bond motifs is 1. The number of para-hydroxylation sites is 1. The van der Waals surface area contributed by atoms with Crippen molar-refractivity contribution < 1.29 is 4.42 Å². The van der Waals surface area contributed by atoms with Crippen LogP contribution in [0.25, 0.3) is 11.0 Å². The number of rotatable bonds is 2. The quantitative estimate of drug-likeness (QED) is 0.854. The monoisotopic (exact) mass is 272 g/mol. The van der Waals surface area contributed by atoms with Gasteiger partial charge in [0.2, 0.25) is 0 Å². The minimum Gasteiger partial charge on any atom is -0.421 e. The molecule has 1 saturated heterocycles. The summed E-state index contributed by atoms with van der Waals surface area (Å²) in [7, 11) is 0. The highest BCUT2D eigenvalue weighted by Crippen LogP contribution is 2.35. The first kappa shape index (κ1) is 13.2. The summed E-state index contributed by atoms with van der Waals surface area (Å²) >= 11 is 0. The zero-order valence-electron chi connectivity index (χ0n) is 11.9. The molecule has 2 N–H and O–H groups in total. The second-order valence-corrected chi connectivity index (χ2v) is 5.79. The average molecular weight is 272 g/mol. The van der Waals surface area contributed by atoms with E-state index in [9.17, 15) is 4.79 Å². The predicted octanol–water partition coefficient (Wildman–Crippen LogP) is 2.57. The Morgan fingerprint density at radius 2 is 2.10 bits per heavy atom. The van der Waals surface area contributed by atoms with E-state index in [4.69, 9.17) is 10.2 Å². The van der Waals surface area contributed by atoms with Crippen molar-refractivity contribution in [3.63, 3.8) is 0 Å². The van der Waals surface area contributed by atoms with Gasteiger partial charge in [-0.15, -0.1) is 0 Å². The molecule has 4 heteroatoms. The van der Waals surface area contributed by atoms with Gasteiger partial charge in [-0.2, -0.15) is 0 Å². The van der Waals surface area contributed by atoms with Gasteiger partial charge >= 0.3 is 5.63 Å². The van der Waals surface area contributed by atoms with Crippen LogP contribution in [0.3, 0.4) is 0 Å². The van der Waals surface area contributed by atoms with Crippen LogP contribution in [0.15, 0.2) is 33.5 Å². The lowest BCUT2D eigenvalue weighted by molar-refractivity contribution is 0.272. The summed E-state index contributed by atoms with van der Waals surface area (Å²) in [6, 6.07) is 8.17. The first-order valence-electron chi connectivity index (χ1n) is 7.13. The first-order chi connectivity index (χ1) is 9.58. The Balaban J connectivity index is 2.11. The second kappa shape index (κ2) is 4.94. The van der Waals surface area contributed by atoms with Crippen LogP contribution < -0.4 is 11.4 Å². The van der Waals surface area contributed by atoms with Crippen LogP contribution in [-0.4, -0.2) is 24.0 Å². The topological polar surface area (TPSA) is 59.5 Å². The van der Waals surface area contributed by atoms with Gasteiger partial charge in [-0.3, -0.25) is 0 Å². The van der Waals surface area contributed by atoms with E-state index in [-0.39, 0.29) is 5.69 Å². The smallest absolute Gasteiger partial charge is 0.359 e. The molecule has 2 aromatic rings. The number of likely N-dealkylation sites (tertiary alicyclic amines) is 1. The molecule has 0 bridgehead atoms. The highest BCUT2D eigenvalue weighted by Gasteiger charge is 2.29. The van der Waals surface area contributed by atoms with Crippen LogP contribution in [0.2, 0.25) is 0 Å². The Hall–Kier alpha value is -1.81. The Morgan fingerprint density at radius 1 is 1.35 bits per heavy atom. The van der Waals surface area contributed by atoms with E-state index in [2.05, 4.69) is 18.7 Å². The van der Waals surface area contributed by atoms with Gasteiger partial charge in [-0.25, -0.2) is 4.79 Å². The Labute approximate surface area is 118 Å². The third kappa shape index (κ3) is 2.10. The average Bonchev–Trinajstić information content (AvgIpc) is 2.90. The number of benzene rings is 1. The summed E-state index contributed by atoms with van der Waals surface area (Å²) in [6.45, 7) is 6.40. The summed E-state index contributed by atoms with van der Waals surface area (Å²) in [5.74, 6) is 0.311. The van der Waals surface area contributed by atoms with E-state index in [1.54, 1.807) is 0 Å². The van der Waals surface area contributed by atoms with Crippen molar-refractivity contribution in [3.05, 3.63) is 40.2 Å². The minimum atomic E-state index is -0.415. The molecular weight excluding hydrogens is 252 g/mol. The molecule has 4 nitrogen and oxygen atoms in total. The highest BCUT2D eigenvalue weighted by atomic mass is 16.4. The molecule has 1 unspecified atom stereocenters. The van der Waals surface area contributed by atoms with Gasteiger partial charge in [0.05, 0.1) is 0 Å². The maximum atomic E-state index is 11.9. The van der Waals surface area contributed by atoms with Crippen LogP contribution in [-0.2, 0) is 0 Å². The van der Waals surface area contributed by atoms with E-state index in [1.165, 1.54) is 0 Å². The number of hydrogen-bond acceptors (Lipinski definition) is 4. The third-order valence-corrected chi connectivity index (χ3v) is 4.25. The number of hydrogen-bond donors (Lipinski definition) is 1. The summed E-state index contributed by atoms with van der Waals surface area (Å²) in [6.07, 6.45) is 1.04. The minimum absolute atomic E-state index is 0.277. The fourth-order valence-electron chi connectivity index (χ4n) is 3.12. The second-order valence-electron chi connectivity index (χ2n) is 5.79. The summed E-state index contributed by atoms with van der Waals surface area (Å²) in [4.78, 5) is 14.3. The summed E-state index contributed by atoms with van der Waals surface area (Å²) in [5, 5.41) is 0.972. The zero-order valence-corrected chi connectivity index (χ0v) is 11.9. The Kier molecular flexibility index (Phi) is 3.26. The van der Waals surface area contributed by atoms with Gasteiger partial charge < -0.3 is 15.1 Å². The van der Waals surface area contributed by atoms with Crippen molar-refractivity contribution in [2.75, 3.05) is 18.8 Å². The normalized spacial score (nSPS) is 20.1. The lowest BCUT2D eigenvalue weighted by atomic mass is 9.94. The SMILES string of the molecule is CC(C)N1CCC(c2c(N)c(=O)oc3ccccc23)C1. The first-order valence-corrected chi connectivity index (χ1v) is 7.13. The van der Waals surface area contributed by atoms with E-state index < -0.39 is 5.63 Å². The van der Waals surface area contributed by atoms with Crippen LogP contribution in [0.4, 0.5) is 5.69 Å². The zero-order chi connectivity index (χ0) is 14.3. The lowest BCUT2D eigenvalue weighted by Crippen LogP contribution is -2.28. The molecule has 1 aromatic carbocycles. The van der Waals surface area contributed by atoms with Gasteiger partial charge in [-0.05, 0) is 38.4 Å². The molecule has 3 rings (SSSR count). The highest BCUT2D eigenvalue weighted by molar-refractivity contribution is 5.85. The molecule has 1 aliphatic rings. The van der Waals surface area contributed by atoms with Crippen LogP contribution in [0, 0.1) is 0 Å². The summed E-state index contributed by atoms with van der Waals surface area (Å²) < 4.78 is 5.27. The van der Waals surface area contributed by atoms with Crippen molar-refractivity contribution in [1.82, 2.24) is 4.90 Å². The van der Waals surface area contributed by atoms with E-state index >= 15 is 0 Å². The van der Waals surface area contributed by atoms with Gasteiger partial charge in [0.15, 0.2) is 0 Å². The number of anilines is 1. The molecular formula is C16H20N2O2. The molecule has 1 aliphatic heterocycles. The molecule has 20 heavy (non-hydrogen) atoms. The van der Waals surface area contributed by atoms with Crippen molar-refractivity contribution >= 4 is 16.7 Å². The molecule has 2 heterocycles. The number of nitrogen functional groups attached to an aromatic ring is 1. The molecule has 0 amide bonds. The van der Waals surface area contributed by atoms with Crippen LogP contribution in [0.1, 0.15) is 31.7 Å². The number of nitrogens with zero attached hydrogens (tertiary/aromatic N) is 1.